The van der Waals surface area contributed by atoms with E-state index in [1.54, 1.807) is 7.11 Å². The molecular formula is C26H32N4O2. The molecule has 2 aromatic carbocycles. The SMILES string of the molecule is COc1ccc(C(C)N(C)C(=O)C2CCCN(c3nc(C)c4ccc(C)cc4n3)C2)cc1. The maximum Gasteiger partial charge on any atom is 0.227 e. The molecule has 1 saturated heterocycles. The van der Waals surface area contributed by atoms with Gasteiger partial charge in [0, 0.05) is 25.5 Å². The van der Waals surface area contributed by atoms with Gasteiger partial charge in [-0.2, -0.15) is 0 Å². The van der Waals surface area contributed by atoms with Crippen LogP contribution in [0.5, 0.6) is 5.75 Å². The minimum absolute atomic E-state index is 0.00841. The van der Waals surface area contributed by atoms with Gasteiger partial charge in [-0.3, -0.25) is 4.79 Å². The number of benzene rings is 2. The van der Waals surface area contributed by atoms with Crippen LogP contribution < -0.4 is 9.64 Å². The number of hydrogen-bond acceptors (Lipinski definition) is 5. The molecule has 3 aromatic rings. The third-order valence-corrected chi connectivity index (χ3v) is 6.61. The van der Waals surface area contributed by atoms with Crippen molar-refractivity contribution in [2.45, 2.75) is 39.7 Å². The zero-order valence-electron chi connectivity index (χ0n) is 19.6. The second-order valence-corrected chi connectivity index (χ2v) is 8.81. The van der Waals surface area contributed by atoms with Crippen molar-refractivity contribution in [1.29, 1.82) is 0 Å². The number of hydrogen-bond donors (Lipinski definition) is 0. The number of methoxy groups -OCH3 is 1. The van der Waals surface area contributed by atoms with E-state index >= 15 is 0 Å². The highest BCUT2D eigenvalue weighted by atomic mass is 16.5. The number of piperidine rings is 1. The van der Waals surface area contributed by atoms with Crippen molar-refractivity contribution < 1.29 is 9.53 Å². The summed E-state index contributed by atoms with van der Waals surface area (Å²) in [6.07, 6.45) is 1.84. The topological polar surface area (TPSA) is 58.6 Å². The molecule has 1 fully saturated rings. The van der Waals surface area contributed by atoms with Gasteiger partial charge in [0.15, 0.2) is 0 Å². The summed E-state index contributed by atoms with van der Waals surface area (Å²) in [5.41, 5.74) is 4.22. The van der Waals surface area contributed by atoms with Crippen molar-refractivity contribution in [2.75, 3.05) is 32.1 Å². The van der Waals surface area contributed by atoms with Gasteiger partial charge in [0.1, 0.15) is 5.75 Å². The standard InChI is InChI=1S/C26H32N4O2/c1-17-8-13-23-18(2)27-26(28-24(23)15-17)30-14-6-7-21(16-30)25(31)29(4)19(3)20-9-11-22(32-5)12-10-20/h8-13,15,19,21H,6-7,14,16H2,1-5H3. The van der Waals surface area contributed by atoms with Crippen molar-refractivity contribution >= 4 is 22.8 Å². The second kappa shape index (κ2) is 9.15. The van der Waals surface area contributed by atoms with Gasteiger partial charge in [-0.05, 0) is 62.9 Å². The largest absolute Gasteiger partial charge is 0.497 e. The summed E-state index contributed by atoms with van der Waals surface area (Å²) in [6, 6.07) is 14.2. The monoisotopic (exact) mass is 432 g/mol. The number of rotatable bonds is 5. The maximum atomic E-state index is 13.4. The normalized spacial score (nSPS) is 17.3. The summed E-state index contributed by atoms with van der Waals surface area (Å²) < 4.78 is 5.25. The Morgan fingerprint density at radius 1 is 1.16 bits per heavy atom. The Labute approximate surface area is 190 Å². The Morgan fingerprint density at radius 3 is 2.62 bits per heavy atom. The molecule has 168 valence electrons. The Morgan fingerprint density at radius 2 is 1.91 bits per heavy atom. The molecule has 6 nitrogen and oxygen atoms in total. The van der Waals surface area contributed by atoms with Crippen LogP contribution in [0.25, 0.3) is 10.9 Å². The first-order valence-corrected chi connectivity index (χ1v) is 11.3. The molecule has 0 N–H and O–H groups in total. The van der Waals surface area contributed by atoms with Crippen LogP contribution in [-0.4, -0.2) is 48.0 Å². The predicted octanol–water partition coefficient (Wildman–Crippen LogP) is 4.69. The van der Waals surface area contributed by atoms with E-state index in [2.05, 4.69) is 36.9 Å². The molecule has 0 radical (unpaired) electrons. The van der Waals surface area contributed by atoms with Crippen molar-refractivity contribution in [3.05, 3.63) is 59.3 Å². The van der Waals surface area contributed by atoms with Gasteiger partial charge < -0.3 is 14.5 Å². The van der Waals surface area contributed by atoms with E-state index in [9.17, 15) is 4.79 Å². The fraction of sp³-hybridized carbons (Fsp3) is 0.423. The lowest BCUT2D eigenvalue weighted by atomic mass is 9.95. The average Bonchev–Trinajstić information content (AvgIpc) is 2.82. The molecule has 1 amide bonds. The maximum absolute atomic E-state index is 13.4. The molecule has 2 heterocycles. The lowest BCUT2D eigenvalue weighted by Crippen LogP contribution is -2.45. The minimum Gasteiger partial charge on any atom is -0.497 e. The summed E-state index contributed by atoms with van der Waals surface area (Å²) in [6.45, 7) is 7.69. The van der Waals surface area contributed by atoms with E-state index in [4.69, 9.17) is 14.7 Å². The second-order valence-electron chi connectivity index (χ2n) is 8.81. The minimum atomic E-state index is -0.0634. The van der Waals surface area contributed by atoms with Crippen molar-refractivity contribution in [1.82, 2.24) is 14.9 Å². The smallest absolute Gasteiger partial charge is 0.227 e. The van der Waals surface area contributed by atoms with Gasteiger partial charge >= 0.3 is 0 Å². The predicted molar refractivity (Wildman–Crippen MR) is 128 cm³/mol. The quantitative estimate of drug-likeness (QED) is 0.585. The van der Waals surface area contributed by atoms with E-state index in [1.165, 1.54) is 5.56 Å². The van der Waals surface area contributed by atoms with Crippen LogP contribution in [0.2, 0.25) is 0 Å². The van der Waals surface area contributed by atoms with E-state index in [1.807, 2.05) is 43.1 Å². The van der Waals surface area contributed by atoms with Crippen LogP contribution in [0.3, 0.4) is 0 Å². The first-order valence-electron chi connectivity index (χ1n) is 11.3. The van der Waals surface area contributed by atoms with E-state index in [0.29, 0.717) is 6.54 Å². The van der Waals surface area contributed by atoms with Gasteiger partial charge in [-0.25, -0.2) is 9.97 Å². The van der Waals surface area contributed by atoms with E-state index < -0.39 is 0 Å². The molecule has 2 atom stereocenters. The number of aromatic nitrogens is 2. The summed E-state index contributed by atoms with van der Waals surface area (Å²) in [5.74, 6) is 1.65. The molecular weight excluding hydrogens is 400 g/mol. The lowest BCUT2D eigenvalue weighted by molar-refractivity contribution is -0.136. The highest BCUT2D eigenvalue weighted by Gasteiger charge is 2.31. The van der Waals surface area contributed by atoms with E-state index in [0.717, 1.165) is 53.2 Å². The first-order chi connectivity index (χ1) is 15.4. The zero-order chi connectivity index (χ0) is 22.8. The van der Waals surface area contributed by atoms with Crippen LogP contribution in [0, 0.1) is 19.8 Å². The van der Waals surface area contributed by atoms with Gasteiger partial charge in [0.05, 0.1) is 30.3 Å². The molecule has 0 bridgehead atoms. The fourth-order valence-electron chi connectivity index (χ4n) is 4.47. The Balaban J connectivity index is 1.50. The third kappa shape index (κ3) is 4.40. The number of amides is 1. The lowest BCUT2D eigenvalue weighted by Gasteiger charge is -2.36. The Hall–Kier alpha value is -3.15. The summed E-state index contributed by atoms with van der Waals surface area (Å²) in [7, 11) is 3.56. The van der Waals surface area contributed by atoms with Crippen LogP contribution in [0.4, 0.5) is 5.95 Å². The van der Waals surface area contributed by atoms with Crippen molar-refractivity contribution in [3.8, 4) is 5.75 Å². The molecule has 2 unspecified atom stereocenters. The molecule has 1 aromatic heterocycles. The number of fused-ring (bicyclic) bond motifs is 1. The van der Waals surface area contributed by atoms with Gasteiger partial charge in [0.2, 0.25) is 11.9 Å². The number of anilines is 1. The zero-order valence-corrected chi connectivity index (χ0v) is 19.6. The molecule has 0 aliphatic carbocycles. The Bertz CT molecular complexity index is 1110. The van der Waals surface area contributed by atoms with E-state index in [-0.39, 0.29) is 17.9 Å². The van der Waals surface area contributed by atoms with Gasteiger partial charge in [0.25, 0.3) is 0 Å². The Kier molecular flexibility index (Phi) is 6.31. The molecule has 0 saturated carbocycles. The average molecular weight is 433 g/mol. The fourth-order valence-corrected chi connectivity index (χ4v) is 4.47. The number of carbonyl (C=O) groups is 1. The number of aryl methyl sites for hydroxylation is 2. The van der Waals surface area contributed by atoms with Gasteiger partial charge in [-0.15, -0.1) is 0 Å². The molecule has 1 aliphatic rings. The number of nitrogens with zero attached hydrogens (tertiary/aromatic N) is 4. The number of carbonyl (C=O) groups excluding carboxylic acids is 1. The molecule has 32 heavy (non-hydrogen) atoms. The van der Waals surface area contributed by atoms with Crippen LogP contribution >= 0.6 is 0 Å². The molecule has 6 heteroatoms. The molecule has 1 aliphatic heterocycles. The molecule has 0 spiro atoms. The highest BCUT2D eigenvalue weighted by Crippen LogP contribution is 2.28. The highest BCUT2D eigenvalue weighted by molar-refractivity contribution is 5.83. The molecule has 4 rings (SSSR count). The third-order valence-electron chi connectivity index (χ3n) is 6.61. The van der Waals surface area contributed by atoms with Crippen molar-refractivity contribution in [3.63, 3.8) is 0 Å². The van der Waals surface area contributed by atoms with Crippen molar-refractivity contribution in [2.24, 2.45) is 5.92 Å². The summed E-state index contributed by atoms with van der Waals surface area (Å²) in [5, 5.41) is 1.08. The summed E-state index contributed by atoms with van der Waals surface area (Å²) >= 11 is 0. The first kappa shape index (κ1) is 22.1. The van der Waals surface area contributed by atoms with Crippen LogP contribution in [-0.2, 0) is 4.79 Å². The van der Waals surface area contributed by atoms with Crippen LogP contribution in [0.1, 0.15) is 42.6 Å². The number of ether oxygens (including phenoxy) is 1. The van der Waals surface area contributed by atoms with Gasteiger partial charge in [-0.1, -0.05) is 24.3 Å². The van der Waals surface area contributed by atoms with Crippen LogP contribution in [0.15, 0.2) is 42.5 Å². The summed E-state index contributed by atoms with van der Waals surface area (Å²) in [4.78, 5) is 27.0.